The standard InChI is InChI=1S/C27H36O5/c1-10-31-24(29)18(5)15-27(14-17(4)19(6)28)22-13-20(11-16(2)3)12-21(26(7,8)9)23(22)32-25(27)30/h12-13,16H,4-5,10-11,14-15H2,1-3,6-9H3. The molecule has 0 radical (unpaired) electrons. The van der Waals surface area contributed by atoms with Crippen molar-refractivity contribution in [2.75, 3.05) is 6.61 Å². The van der Waals surface area contributed by atoms with E-state index in [4.69, 9.17) is 9.47 Å². The number of ketones is 1. The first-order chi connectivity index (χ1) is 14.7. The van der Waals surface area contributed by atoms with Gasteiger partial charge in [0.2, 0.25) is 0 Å². The maximum Gasteiger partial charge on any atom is 0.333 e. The quantitative estimate of drug-likeness (QED) is 0.293. The van der Waals surface area contributed by atoms with Gasteiger partial charge in [-0.2, -0.15) is 0 Å². The van der Waals surface area contributed by atoms with Crippen LogP contribution in [0.3, 0.4) is 0 Å². The van der Waals surface area contributed by atoms with Crippen LogP contribution in [0, 0.1) is 5.92 Å². The Kier molecular flexibility index (Phi) is 7.54. The predicted octanol–water partition coefficient (Wildman–Crippen LogP) is 5.38. The number of carbonyl (C=O) groups is 3. The number of rotatable bonds is 9. The van der Waals surface area contributed by atoms with E-state index in [1.54, 1.807) is 6.92 Å². The van der Waals surface area contributed by atoms with Crippen molar-refractivity contribution < 1.29 is 23.9 Å². The highest BCUT2D eigenvalue weighted by atomic mass is 16.5. The van der Waals surface area contributed by atoms with Crippen molar-refractivity contribution in [2.24, 2.45) is 5.92 Å². The number of Topliss-reactive ketones (excluding diaryl/α,β-unsaturated/α-hetero) is 1. The smallest absolute Gasteiger partial charge is 0.333 e. The summed E-state index contributed by atoms with van der Waals surface area (Å²) in [5.41, 5.74) is 1.64. The van der Waals surface area contributed by atoms with E-state index in [0.717, 1.165) is 17.5 Å². The van der Waals surface area contributed by atoms with Gasteiger partial charge in [0.1, 0.15) is 11.2 Å². The Hall–Kier alpha value is -2.69. The summed E-state index contributed by atoms with van der Waals surface area (Å²) < 4.78 is 11.0. The normalized spacial score (nSPS) is 17.7. The molecule has 5 heteroatoms. The zero-order valence-electron chi connectivity index (χ0n) is 20.5. The minimum atomic E-state index is -1.26. The van der Waals surface area contributed by atoms with E-state index >= 15 is 0 Å². The van der Waals surface area contributed by atoms with E-state index in [2.05, 4.69) is 53.8 Å². The number of esters is 2. The van der Waals surface area contributed by atoms with Gasteiger partial charge in [0.25, 0.3) is 0 Å². The number of hydrogen-bond acceptors (Lipinski definition) is 5. The van der Waals surface area contributed by atoms with Gasteiger partial charge in [-0.3, -0.25) is 9.59 Å². The molecule has 0 spiro atoms. The van der Waals surface area contributed by atoms with Crippen LogP contribution in [-0.2, 0) is 36.4 Å². The first-order valence-corrected chi connectivity index (χ1v) is 11.2. The van der Waals surface area contributed by atoms with Crippen LogP contribution in [0.25, 0.3) is 0 Å². The van der Waals surface area contributed by atoms with Crippen LogP contribution in [0.2, 0.25) is 0 Å². The predicted molar refractivity (Wildman–Crippen MR) is 126 cm³/mol. The molecule has 174 valence electrons. The second kappa shape index (κ2) is 9.43. The third-order valence-electron chi connectivity index (χ3n) is 5.79. The Morgan fingerprint density at radius 3 is 2.22 bits per heavy atom. The van der Waals surface area contributed by atoms with Crippen LogP contribution >= 0.6 is 0 Å². The first kappa shape index (κ1) is 25.6. The van der Waals surface area contributed by atoms with Crippen molar-refractivity contribution >= 4 is 17.7 Å². The Morgan fingerprint density at radius 2 is 1.72 bits per heavy atom. The van der Waals surface area contributed by atoms with Gasteiger partial charge in [0.15, 0.2) is 5.78 Å². The lowest BCUT2D eigenvalue weighted by Gasteiger charge is -2.28. The van der Waals surface area contributed by atoms with Gasteiger partial charge < -0.3 is 9.47 Å². The summed E-state index contributed by atoms with van der Waals surface area (Å²) in [6, 6.07) is 4.09. The van der Waals surface area contributed by atoms with E-state index in [0.29, 0.717) is 22.8 Å². The zero-order chi connectivity index (χ0) is 24.4. The van der Waals surface area contributed by atoms with Gasteiger partial charge in [0.05, 0.1) is 6.61 Å². The lowest BCUT2D eigenvalue weighted by molar-refractivity contribution is -0.140. The molecule has 1 aliphatic rings. The van der Waals surface area contributed by atoms with Crippen LogP contribution in [0.15, 0.2) is 36.4 Å². The maximum absolute atomic E-state index is 13.5. The van der Waals surface area contributed by atoms with Gasteiger partial charge >= 0.3 is 11.9 Å². The number of hydrogen-bond donors (Lipinski definition) is 0. The molecule has 1 aliphatic heterocycles. The molecule has 0 amide bonds. The molecule has 0 N–H and O–H groups in total. The van der Waals surface area contributed by atoms with Gasteiger partial charge in [-0.15, -0.1) is 0 Å². The fourth-order valence-electron chi connectivity index (χ4n) is 4.16. The van der Waals surface area contributed by atoms with Gasteiger partial charge in [-0.1, -0.05) is 59.9 Å². The van der Waals surface area contributed by atoms with E-state index in [1.165, 1.54) is 6.92 Å². The summed E-state index contributed by atoms with van der Waals surface area (Å²) >= 11 is 0. The third kappa shape index (κ3) is 5.20. The highest BCUT2D eigenvalue weighted by Gasteiger charge is 2.52. The monoisotopic (exact) mass is 440 g/mol. The number of carbonyl (C=O) groups excluding carboxylic acids is 3. The molecule has 1 heterocycles. The van der Waals surface area contributed by atoms with Crippen molar-refractivity contribution in [1.29, 1.82) is 0 Å². The highest BCUT2D eigenvalue weighted by molar-refractivity contribution is 5.99. The van der Waals surface area contributed by atoms with Crippen molar-refractivity contribution in [3.8, 4) is 5.75 Å². The lowest BCUT2D eigenvalue weighted by atomic mass is 9.70. The topological polar surface area (TPSA) is 69.7 Å². The minimum Gasteiger partial charge on any atom is -0.463 e. The number of ether oxygens (including phenoxy) is 2. The molecule has 0 fully saturated rings. The molecule has 0 aromatic heterocycles. The van der Waals surface area contributed by atoms with Crippen LogP contribution < -0.4 is 4.74 Å². The Morgan fingerprint density at radius 1 is 1.12 bits per heavy atom. The highest BCUT2D eigenvalue weighted by Crippen LogP contribution is 2.51. The molecule has 1 atom stereocenters. The molecule has 32 heavy (non-hydrogen) atoms. The Bertz CT molecular complexity index is 961. The first-order valence-electron chi connectivity index (χ1n) is 11.2. The summed E-state index contributed by atoms with van der Waals surface area (Å²) in [5, 5.41) is 0. The maximum atomic E-state index is 13.5. The summed E-state index contributed by atoms with van der Waals surface area (Å²) in [6.07, 6.45) is 0.882. The molecule has 0 saturated heterocycles. The molecule has 2 rings (SSSR count). The Labute approximate surface area is 191 Å². The van der Waals surface area contributed by atoms with Crippen LogP contribution in [0.4, 0.5) is 0 Å². The average Bonchev–Trinajstić information content (AvgIpc) is 2.91. The van der Waals surface area contributed by atoms with Crippen molar-refractivity contribution in [3.05, 3.63) is 53.1 Å². The van der Waals surface area contributed by atoms with Crippen LogP contribution in [0.1, 0.15) is 78.0 Å². The molecule has 0 bridgehead atoms. The minimum absolute atomic E-state index is 0.00131. The molecular formula is C27H36O5. The van der Waals surface area contributed by atoms with Gasteiger partial charge in [-0.05, 0) is 55.6 Å². The van der Waals surface area contributed by atoms with Crippen molar-refractivity contribution in [3.63, 3.8) is 0 Å². The van der Waals surface area contributed by atoms with E-state index in [-0.39, 0.29) is 36.2 Å². The summed E-state index contributed by atoms with van der Waals surface area (Å²) in [7, 11) is 0. The van der Waals surface area contributed by atoms with Gasteiger partial charge in [0, 0.05) is 16.7 Å². The largest absolute Gasteiger partial charge is 0.463 e. The summed E-state index contributed by atoms with van der Waals surface area (Å²) in [6.45, 7) is 21.6. The van der Waals surface area contributed by atoms with Gasteiger partial charge in [-0.25, -0.2) is 4.79 Å². The molecule has 1 aromatic carbocycles. The van der Waals surface area contributed by atoms with E-state index in [9.17, 15) is 14.4 Å². The average molecular weight is 441 g/mol. The summed E-state index contributed by atoms with van der Waals surface area (Å²) in [5.74, 6) is -0.330. The van der Waals surface area contributed by atoms with E-state index in [1.807, 2.05) is 6.07 Å². The SMILES string of the molecule is C=C(CC1(CC(=C)C(=O)OCC)C(=O)Oc2c(C(C)(C)C)cc(CC(C)C)cc21)C(C)=O. The molecule has 0 saturated carbocycles. The van der Waals surface area contributed by atoms with Crippen LogP contribution in [0.5, 0.6) is 5.75 Å². The molecule has 5 nitrogen and oxygen atoms in total. The third-order valence-corrected chi connectivity index (χ3v) is 5.79. The number of benzene rings is 1. The Balaban J connectivity index is 2.77. The fraction of sp³-hybridized carbons (Fsp3) is 0.519. The van der Waals surface area contributed by atoms with Crippen molar-refractivity contribution in [1.82, 2.24) is 0 Å². The number of fused-ring (bicyclic) bond motifs is 1. The van der Waals surface area contributed by atoms with E-state index < -0.39 is 17.4 Å². The fourth-order valence-corrected chi connectivity index (χ4v) is 4.16. The second-order valence-corrected chi connectivity index (χ2v) is 10.2. The molecule has 0 aliphatic carbocycles. The lowest BCUT2D eigenvalue weighted by Crippen LogP contribution is -2.36. The zero-order valence-corrected chi connectivity index (χ0v) is 20.5. The number of allylic oxidation sites excluding steroid dienone is 1. The van der Waals surface area contributed by atoms with Crippen LogP contribution in [-0.4, -0.2) is 24.3 Å². The molecule has 1 aromatic rings. The molecular weight excluding hydrogens is 404 g/mol. The summed E-state index contributed by atoms with van der Waals surface area (Å²) in [4.78, 5) is 37.9. The van der Waals surface area contributed by atoms with Crippen molar-refractivity contribution in [2.45, 2.75) is 78.6 Å². The second-order valence-electron chi connectivity index (χ2n) is 10.2. The molecule has 1 unspecified atom stereocenters.